The lowest BCUT2D eigenvalue weighted by atomic mass is 9.93. The number of nitrogens with one attached hydrogen (secondary N) is 1. The van der Waals surface area contributed by atoms with E-state index in [1.54, 1.807) is 18.1 Å². The summed E-state index contributed by atoms with van der Waals surface area (Å²) in [7, 11) is 1.95. The zero-order chi connectivity index (χ0) is 13.3. The maximum atomic E-state index is 5.44. The normalized spacial score (nSPS) is 25.7. The topological polar surface area (TPSA) is 64.3 Å². The van der Waals surface area contributed by atoms with Crippen LogP contribution in [0.3, 0.4) is 0 Å². The van der Waals surface area contributed by atoms with Gasteiger partial charge in [0.1, 0.15) is 12.4 Å². The van der Waals surface area contributed by atoms with Crippen molar-refractivity contribution in [2.45, 2.75) is 31.3 Å². The first-order chi connectivity index (χ1) is 9.19. The summed E-state index contributed by atoms with van der Waals surface area (Å²) in [6.45, 7) is 3.74. The fourth-order valence-electron chi connectivity index (χ4n) is 2.51. The van der Waals surface area contributed by atoms with Crippen LogP contribution in [-0.2, 0) is 11.8 Å². The second-order valence-electron chi connectivity index (χ2n) is 5.22. The van der Waals surface area contributed by atoms with Crippen LogP contribution in [-0.4, -0.2) is 44.4 Å². The Balaban J connectivity index is 1.70. The van der Waals surface area contributed by atoms with E-state index in [9.17, 15) is 0 Å². The van der Waals surface area contributed by atoms with Gasteiger partial charge in [0, 0.05) is 26.0 Å². The van der Waals surface area contributed by atoms with Gasteiger partial charge in [-0.15, -0.1) is 10.2 Å². The Morgan fingerprint density at radius 1 is 1.53 bits per heavy atom. The number of hydrogen-bond donors (Lipinski definition) is 1. The van der Waals surface area contributed by atoms with Crippen molar-refractivity contribution in [2.75, 3.05) is 19.0 Å². The molecule has 2 aliphatic heterocycles. The fourth-order valence-corrected chi connectivity index (χ4v) is 3.81. The quantitative estimate of drug-likeness (QED) is 0.880. The summed E-state index contributed by atoms with van der Waals surface area (Å²) in [6.07, 6.45) is 3.84. The van der Waals surface area contributed by atoms with Crippen LogP contribution in [0.1, 0.15) is 31.6 Å². The summed E-state index contributed by atoms with van der Waals surface area (Å²) in [5.41, 5.74) is 0.196. The molecule has 0 bridgehead atoms. The molecule has 1 aromatic heterocycles. The van der Waals surface area contributed by atoms with Crippen LogP contribution in [0, 0.1) is 0 Å². The van der Waals surface area contributed by atoms with Crippen molar-refractivity contribution >= 4 is 16.9 Å². The second-order valence-corrected chi connectivity index (χ2v) is 6.18. The summed E-state index contributed by atoms with van der Waals surface area (Å²) in [4.78, 5) is 4.73. The molecule has 1 atom stereocenters. The minimum absolute atomic E-state index is 0.0255. The fraction of sp³-hybridized carbons (Fsp3) is 0.750. The highest BCUT2D eigenvalue weighted by atomic mass is 32.2. The predicted octanol–water partition coefficient (Wildman–Crippen LogP) is 1.12. The van der Waals surface area contributed by atoms with Crippen LogP contribution in [0.15, 0.2) is 11.3 Å². The summed E-state index contributed by atoms with van der Waals surface area (Å²) in [5.74, 6) is 1.98. The van der Waals surface area contributed by atoms with Gasteiger partial charge in [-0.1, -0.05) is 11.8 Å². The highest BCUT2D eigenvalue weighted by Crippen LogP contribution is 2.32. The van der Waals surface area contributed by atoms with Crippen molar-refractivity contribution in [1.82, 2.24) is 20.1 Å². The average Bonchev–Trinajstić information content (AvgIpc) is 2.98. The number of rotatable bonds is 2. The molecular weight excluding hydrogens is 262 g/mol. The maximum absolute atomic E-state index is 5.44. The third-order valence-corrected chi connectivity index (χ3v) is 4.92. The Hall–Kier alpha value is -1.08. The van der Waals surface area contributed by atoms with Gasteiger partial charge in [-0.25, -0.2) is 0 Å². The molecule has 3 heterocycles. The first-order valence-corrected chi connectivity index (χ1v) is 7.58. The molecule has 0 amide bonds. The average molecular weight is 281 g/mol. The van der Waals surface area contributed by atoms with E-state index in [4.69, 9.17) is 9.73 Å². The second kappa shape index (κ2) is 5.13. The summed E-state index contributed by atoms with van der Waals surface area (Å²) >= 11 is 1.81. The molecule has 2 aliphatic rings. The summed E-state index contributed by atoms with van der Waals surface area (Å²) in [5, 5.41) is 12.6. The van der Waals surface area contributed by atoms with E-state index in [0.29, 0.717) is 0 Å². The zero-order valence-electron chi connectivity index (χ0n) is 11.3. The van der Waals surface area contributed by atoms with Crippen molar-refractivity contribution in [1.29, 1.82) is 0 Å². The van der Waals surface area contributed by atoms with Gasteiger partial charge in [-0.2, -0.15) is 0 Å². The number of thioether (sulfide) groups is 1. The highest BCUT2D eigenvalue weighted by Gasteiger charge is 2.38. The van der Waals surface area contributed by atoms with Crippen molar-refractivity contribution < 1.29 is 4.74 Å². The van der Waals surface area contributed by atoms with E-state index in [-0.39, 0.29) is 11.6 Å². The molecule has 1 unspecified atom stereocenters. The van der Waals surface area contributed by atoms with E-state index in [1.807, 2.05) is 18.5 Å². The molecule has 0 aromatic carbocycles. The summed E-state index contributed by atoms with van der Waals surface area (Å²) in [6, 6.07) is 0.0255. The third-order valence-electron chi connectivity index (χ3n) is 3.74. The monoisotopic (exact) mass is 281 g/mol. The molecule has 6 nitrogen and oxygen atoms in total. The van der Waals surface area contributed by atoms with Gasteiger partial charge in [-0.05, 0) is 19.8 Å². The van der Waals surface area contributed by atoms with Crippen molar-refractivity contribution in [3.8, 4) is 0 Å². The van der Waals surface area contributed by atoms with Crippen LogP contribution in [0.4, 0.5) is 0 Å². The smallest absolute Gasteiger partial charge is 0.157 e. The van der Waals surface area contributed by atoms with Crippen molar-refractivity contribution in [2.24, 2.45) is 12.0 Å². The predicted molar refractivity (Wildman–Crippen MR) is 75.2 cm³/mol. The molecule has 0 radical (unpaired) electrons. The van der Waals surface area contributed by atoms with Gasteiger partial charge in [0.2, 0.25) is 0 Å². The van der Waals surface area contributed by atoms with Gasteiger partial charge < -0.3 is 14.6 Å². The minimum Gasteiger partial charge on any atom is -0.381 e. The molecule has 1 spiro atoms. The third kappa shape index (κ3) is 2.62. The number of aromatic nitrogens is 3. The van der Waals surface area contributed by atoms with Crippen molar-refractivity contribution in [3.05, 3.63) is 12.2 Å². The number of amidine groups is 1. The number of hydrogen-bond acceptors (Lipinski definition) is 5. The minimum atomic E-state index is 0.0255. The molecule has 104 valence electrons. The first kappa shape index (κ1) is 12.9. The maximum Gasteiger partial charge on any atom is 0.157 e. The lowest BCUT2D eigenvalue weighted by molar-refractivity contribution is 0.0555. The Morgan fingerprint density at radius 2 is 2.32 bits per heavy atom. The lowest BCUT2D eigenvalue weighted by Crippen LogP contribution is -2.48. The lowest BCUT2D eigenvalue weighted by Gasteiger charge is -2.32. The molecule has 7 heteroatoms. The van der Waals surface area contributed by atoms with E-state index in [1.165, 1.54) is 0 Å². The van der Waals surface area contributed by atoms with Crippen LogP contribution < -0.4 is 5.32 Å². The number of nitrogens with zero attached hydrogens (tertiary/aromatic N) is 4. The van der Waals surface area contributed by atoms with Gasteiger partial charge in [0.15, 0.2) is 11.0 Å². The highest BCUT2D eigenvalue weighted by molar-refractivity contribution is 8.14. The summed E-state index contributed by atoms with van der Waals surface area (Å²) < 4.78 is 7.35. The molecule has 1 aromatic rings. The van der Waals surface area contributed by atoms with E-state index in [0.717, 1.165) is 42.8 Å². The molecule has 0 aliphatic carbocycles. The van der Waals surface area contributed by atoms with Crippen molar-refractivity contribution in [3.63, 3.8) is 0 Å². The van der Waals surface area contributed by atoms with Gasteiger partial charge in [0.25, 0.3) is 0 Å². The van der Waals surface area contributed by atoms with Gasteiger partial charge >= 0.3 is 0 Å². The molecule has 2 fully saturated rings. The van der Waals surface area contributed by atoms with Crippen LogP contribution in [0.2, 0.25) is 0 Å². The SMILES string of the molecule is CC(N=C1NC2(CCOCC2)CS1)c1nncn1C. The molecular formula is C12H19N5OS. The van der Waals surface area contributed by atoms with Crippen LogP contribution >= 0.6 is 11.8 Å². The molecule has 0 saturated carbocycles. The molecule has 3 rings (SSSR count). The van der Waals surface area contributed by atoms with Gasteiger partial charge in [0.05, 0.1) is 5.54 Å². The molecule has 1 N–H and O–H groups in total. The largest absolute Gasteiger partial charge is 0.381 e. The van der Waals surface area contributed by atoms with Gasteiger partial charge in [-0.3, -0.25) is 4.99 Å². The Labute approximate surface area is 117 Å². The Morgan fingerprint density at radius 3 is 3.00 bits per heavy atom. The van der Waals surface area contributed by atoms with E-state index < -0.39 is 0 Å². The standard InChI is InChI=1S/C12H19N5OS/c1-9(10-16-13-8-17(10)2)14-11-15-12(7-19-11)3-5-18-6-4-12/h8-9H,3-7H2,1-2H3,(H,14,15). The number of aryl methyl sites for hydroxylation is 1. The van der Waals surface area contributed by atoms with E-state index in [2.05, 4.69) is 15.5 Å². The molecule has 2 saturated heterocycles. The number of aliphatic imine (C=N–C) groups is 1. The zero-order valence-corrected chi connectivity index (χ0v) is 12.1. The van der Waals surface area contributed by atoms with E-state index >= 15 is 0 Å². The first-order valence-electron chi connectivity index (χ1n) is 6.59. The Bertz CT molecular complexity index is 480. The number of ether oxygens (including phenoxy) is 1. The molecule has 19 heavy (non-hydrogen) atoms. The Kier molecular flexibility index (Phi) is 3.49. The van der Waals surface area contributed by atoms with Crippen LogP contribution in [0.5, 0.6) is 0 Å². The van der Waals surface area contributed by atoms with Crippen LogP contribution in [0.25, 0.3) is 0 Å².